The zero-order chi connectivity index (χ0) is 28.0. The topological polar surface area (TPSA) is 104 Å². The Balaban J connectivity index is 1.51. The molecular formula is C28H23Cl2IN2O6. The van der Waals surface area contributed by atoms with Gasteiger partial charge in [0.1, 0.15) is 0 Å². The fraction of sp³-hybridized carbons (Fsp3) is 0.357. The Morgan fingerprint density at radius 2 is 1.69 bits per heavy atom. The first-order chi connectivity index (χ1) is 18.5. The van der Waals surface area contributed by atoms with Crippen molar-refractivity contribution in [3.63, 3.8) is 0 Å². The largest absolute Gasteiger partial charge is 0.504 e. The third kappa shape index (κ3) is 3.42. The van der Waals surface area contributed by atoms with Crippen molar-refractivity contribution >= 4 is 75.1 Å². The van der Waals surface area contributed by atoms with Gasteiger partial charge in [-0.2, -0.15) is 0 Å². The molecular weight excluding hydrogens is 658 g/mol. The van der Waals surface area contributed by atoms with Crippen molar-refractivity contribution < 1.29 is 29.0 Å². The van der Waals surface area contributed by atoms with Gasteiger partial charge in [-0.25, -0.2) is 0 Å². The second kappa shape index (κ2) is 8.94. The van der Waals surface area contributed by atoms with Gasteiger partial charge in [0.2, 0.25) is 11.8 Å². The van der Waals surface area contributed by atoms with Crippen LogP contribution in [0.25, 0.3) is 0 Å². The van der Waals surface area contributed by atoms with Gasteiger partial charge in [0.05, 0.1) is 24.6 Å². The number of aromatic hydroxyl groups is 1. The number of allylic oxidation sites excluding steroid dienone is 2. The number of hydrogen-bond acceptors (Lipinski definition) is 6. The molecule has 0 aromatic heterocycles. The number of halogens is 3. The van der Waals surface area contributed by atoms with Gasteiger partial charge in [-0.1, -0.05) is 17.7 Å². The minimum absolute atomic E-state index is 0.0852. The lowest BCUT2D eigenvalue weighted by atomic mass is 9.56. The molecule has 4 aliphatic rings. The lowest BCUT2D eigenvalue weighted by Crippen LogP contribution is -2.60. The molecule has 2 aromatic rings. The van der Waals surface area contributed by atoms with E-state index in [1.165, 1.54) is 25.1 Å². The summed E-state index contributed by atoms with van der Waals surface area (Å²) in [6, 6.07) is 11.8. The van der Waals surface area contributed by atoms with Crippen LogP contribution in [0.2, 0.25) is 0 Å². The summed E-state index contributed by atoms with van der Waals surface area (Å²) in [7, 11) is 2.75. The van der Waals surface area contributed by atoms with Gasteiger partial charge >= 0.3 is 0 Å². The van der Waals surface area contributed by atoms with Crippen LogP contribution in [0.3, 0.4) is 0 Å². The number of phenolic OH excluding ortho intramolecular Hbond substituents is 1. The molecule has 8 nitrogen and oxygen atoms in total. The van der Waals surface area contributed by atoms with E-state index < -0.39 is 45.2 Å². The maximum Gasteiger partial charge on any atom is 0.253 e. The summed E-state index contributed by atoms with van der Waals surface area (Å²) >= 11 is 16.4. The van der Waals surface area contributed by atoms with Crippen molar-refractivity contribution in [3.05, 3.63) is 63.2 Å². The maximum absolute atomic E-state index is 13.9. The molecule has 2 aromatic carbocycles. The van der Waals surface area contributed by atoms with Crippen LogP contribution in [0, 0.1) is 21.3 Å². The molecule has 6 unspecified atom stereocenters. The molecule has 202 valence electrons. The number of anilines is 1. The van der Waals surface area contributed by atoms with E-state index in [4.69, 9.17) is 27.9 Å². The number of benzene rings is 2. The fourth-order valence-corrected chi connectivity index (χ4v) is 8.23. The van der Waals surface area contributed by atoms with Crippen molar-refractivity contribution in [1.82, 2.24) is 4.90 Å². The number of rotatable bonds is 3. The van der Waals surface area contributed by atoms with Crippen LogP contribution in [0.5, 0.6) is 11.5 Å². The molecule has 0 spiro atoms. The number of amides is 4. The number of nitrogens with zero attached hydrogens (tertiary/aromatic N) is 2. The first kappa shape index (κ1) is 26.6. The van der Waals surface area contributed by atoms with Crippen LogP contribution in [-0.2, 0) is 19.2 Å². The molecule has 6 atom stereocenters. The average molecular weight is 681 g/mol. The monoisotopic (exact) mass is 680 g/mol. The summed E-state index contributed by atoms with van der Waals surface area (Å²) in [5.74, 6) is -4.92. The van der Waals surface area contributed by atoms with E-state index in [1.54, 1.807) is 24.3 Å². The molecule has 3 fully saturated rings. The predicted octanol–water partition coefficient (Wildman–Crippen LogP) is 4.20. The van der Waals surface area contributed by atoms with Crippen molar-refractivity contribution in [1.29, 1.82) is 0 Å². The van der Waals surface area contributed by atoms with E-state index in [-0.39, 0.29) is 36.2 Å². The van der Waals surface area contributed by atoms with Gasteiger partial charge in [-0.05, 0) is 83.3 Å². The molecule has 0 radical (unpaired) electrons. The number of fused-ring (bicyclic) bond motifs is 4. The van der Waals surface area contributed by atoms with E-state index in [0.29, 0.717) is 16.8 Å². The molecule has 4 amide bonds. The van der Waals surface area contributed by atoms with Crippen molar-refractivity contribution in [2.75, 3.05) is 19.1 Å². The fourth-order valence-electron chi connectivity index (χ4n) is 6.85. The van der Waals surface area contributed by atoms with Crippen LogP contribution in [0.4, 0.5) is 5.69 Å². The lowest BCUT2D eigenvalue weighted by Gasteiger charge is -2.50. The number of ether oxygens (including phenoxy) is 1. The minimum atomic E-state index is -1.90. The number of methoxy groups -OCH3 is 1. The number of imide groups is 2. The maximum atomic E-state index is 13.9. The Morgan fingerprint density at radius 3 is 2.33 bits per heavy atom. The Morgan fingerprint density at radius 1 is 1.00 bits per heavy atom. The van der Waals surface area contributed by atoms with Gasteiger partial charge in [0.15, 0.2) is 21.2 Å². The molecule has 39 heavy (non-hydrogen) atoms. The third-order valence-electron chi connectivity index (χ3n) is 8.64. The highest BCUT2D eigenvalue weighted by Gasteiger charge is 2.75. The van der Waals surface area contributed by atoms with E-state index in [2.05, 4.69) is 22.6 Å². The molecule has 11 heteroatoms. The van der Waals surface area contributed by atoms with E-state index in [1.807, 2.05) is 18.2 Å². The summed E-state index contributed by atoms with van der Waals surface area (Å²) in [6.45, 7) is 0. The van der Waals surface area contributed by atoms with Crippen LogP contribution in [-0.4, -0.2) is 57.5 Å². The van der Waals surface area contributed by atoms with Crippen molar-refractivity contribution in [2.24, 2.45) is 17.8 Å². The summed E-state index contributed by atoms with van der Waals surface area (Å²) in [5.41, 5.74) is 1.59. The number of carbonyl (C=O) groups is 4. The summed E-state index contributed by atoms with van der Waals surface area (Å²) in [6.07, 6.45) is 2.04. The average Bonchev–Trinajstić information content (AvgIpc) is 3.24. The Hall–Kier alpha value is -2.63. The molecule has 2 aliphatic heterocycles. The van der Waals surface area contributed by atoms with Gasteiger partial charge in [0, 0.05) is 16.5 Å². The summed E-state index contributed by atoms with van der Waals surface area (Å²) in [4.78, 5) is 53.0. The van der Waals surface area contributed by atoms with E-state index >= 15 is 0 Å². The van der Waals surface area contributed by atoms with Crippen LogP contribution < -0.4 is 9.64 Å². The van der Waals surface area contributed by atoms with Crippen LogP contribution in [0.1, 0.15) is 24.3 Å². The van der Waals surface area contributed by atoms with Gasteiger partial charge < -0.3 is 9.84 Å². The van der Waals surface area contributed by atoms with Gasteiger partial charge in [-0.3, -0.25) is 29.0 Å². The third-order valence-corrected chi connectivity index (χ3v) is 10.8. The highest BCUT2D eigenvalue weighted by molar-refractivity contribution is 14.1. The molecule has 1 saturated carbocycles. The smallest absolute Gasteiger partial charge is 0.253 e. The first-order valence-corrected chi connectivity index (χ1v) is 14.2. The molecule has 1 N–H and O–H groups in total. The second-order valence-corrected chi connectivity index (χ2v) is 12.9. The quantitative estimate of drug-likeness (QED) is 0.226. The van der Waals surface area contributed by atoms with Gasteiger partial charge in [-0.15, -0.1) is 23.2 Å². The molecule has 2 saturated heterocycles. The van der Waals surface area contributed by atoms with Crippen molar-refractivity contribution in [3.8, 4) is 11.5 Å². The van der Waals surface area contributed by atoms with Gasteiger partial charge in [0.25, 0.3) is 11.8 Å². The normalized spacial score (nSPS) is 33.6. The Kier molecular flexibility index (Phi) is 6.09. The SMILES string of the molecule is COc1ccc(C2C3=CCC4C(=O)N(c5ccc(I)cc5)C(=O)C4C3CC3(Cl)C(=O)N(C)C(=O)C23Cl)cc1O. The zero-order valence-electron chi connectivity index (χ0n) is 20.9. The highest BCUT2D eigenvalue weighted by Crippen LogP contribution is 2.65. The number of alkyl halides is 2. The molecule has 6 rings (SSSR count). The molecule has 2 aliphatic carbocycles. The van der Waals surface area contributed by atoms with E-state index in [9.17, 15) is 24.3 Å². The van der Waals surface area contributed by atoms with E-state index in [0.717, 1.165) is 8.47 Å². The highest BCUT2D eigenvalue weighted by atomic mass is 127. The standard InChI is InChI=1S/C28H23Cl2IN2O6/c1-32-25(37)27(29)12-18-16(22(28(27,30)26(32)38)13-3-10-20(39-2)19(34)11-13)8-9-17-21(18)24(36)33(23(17)35)15-6-4-14(31)5-7-15/h3-8,10-11,17-18,21-22,34H,9,12H2,1-2H3. The summed E-state index contributed by atoms with van der Waals surface area (Å²) < 4.78 is 6.15. The van der Waals surface area contributed by atoms with Crippen LogP contribution >= 0.6 is 45.8 Å². The number of carbonyl (C=O) groups excluding carboxylic acids is 4. The zero-order valence-corrected chi connectivity index (χ0v) is 24.5. The summed E-state index contributed by atoms with van der Waals surface area (Å²) in [5, 5.41) is 10.6. The lowest BCUT2D eigenvalue weighted by molar-refractivity contribution is -0.138. The molecule has 0 bridgehead atoms. The van der Waals surface area contributed by atoms with Crippen molar-refractivity contribution in [2.45, 2.75) is 28.5 Å². The Labute approximate surface area is 248 Å². The Bertz CT molecular complexity index is 1500. The molecule has 2 heterocycles. The second-order valence-electron chi connectivity index (χ2n) is 10.4. The minimum Gasteiger partial charge on any atom is -0.504 e. The number of phenols is 1. The number of hydrogen-bond donors (Lipinski definition) is 1. The first-order valence-electron chi connectivity index (χ1n) is 12.4. The predicted molar refractivity (Wildman–Crippen MR) is 152 cm³/mol. The number of likely N-dealkylation sites (tertiary alicyclic amines) is 1. The van der Waals surface area contributed by atoms with Crippen LogP contribution in [0.15, 0.2) is 54.1 Å².